The van der Waals surface area contributed by atoms with Gasteiger partial charge in [-0.05, 0) is 34.6 Å². The van der Waals surface area contributed by atoms with E-state index in [0.29, 0.717) is 6.61 Å². The van der Waals surface area contributed by atoms with Crippen LogP contribution in [0.2, 0.25) is 0 Å². The zero-order valence-corrected chi connectivity index (χ0v) is 9.46. The van der Waals surface area contributed by atoms with Crippen LogP contribution in [0.25, 0.3) is 0 Å². The number of hydrogen-bond donors (Lipinski definition) is 0. The van der Waals surface area contributed by atoms with Gasteiger partial charge in [-0.15, -0.1) is 0 Å². The summed E-state index contributed by atoms with van der Waals surface area (Å²) in [6.45, 7) is 8.59. The predicted molar refractivity (Wildman–Crippen MR) is 53.0 cm³/mol. The van der Waals surface area contributed by atoms with Crippen molar-refractivity contribution in [3.05, 3.63) is 0 Å². The summed E-state index contributed by atoms with van der Waals surface area (Å²) < 4.78 is 17.6. The quantitative estimate of drug-likeness (QED) is 0.652. The normalized spacial score (nSPS) is 26.9. The maximum Gasteiger partial charge on any atom is 0.412 e. The summed E-state index contributed by atoms with van der Waals surface area (Å²) >= 11 is 0. The van der Waals surface area contributed by atoms with Gasteiger partial charge >= 0.3 is 6.09 Å². The van der Waals surface area contributed by atoms with Crippen LogP contribution in [0.3, 0.4) is 0 Å². The maximum atomic E-state index is 11.8. The molecule has 0 aromatic carbocycles. The molecule has 1 aliphatic rings. The van der Waals surface area contributed by atoms with Gasteiger partial charge in [0, 0.05) is 0 Å². The molecule has 1 saturated heterocycles. The lowest BCUT2D eigenvalue weighted by molar-refractivity contribution is -0.0510. The molecule has 4 heteroatoms. The van der Waals surface area contributed by atoms with Crippen molar-refractivity contribution in [2.45, 2.75) is 45.9 Å². The van der Waals surface area contributed by atoms with Crippen molar-refractivity contribution in [1.82, 2.24) is 4.90 Å². The van der Waals surface area contributed by atoms with Crippen molar-refractivity contribution in [2.75, 3.05) is 13.2 Å². The van der Waals surface area contributed by atoms with E-state index in [-0.39, 0.29) is 0 Å². The Bertz CT molecular complexity index is 247. The Morgan fingerprint density at radius 3 is 2.50 bits per heavy atom. The third kappa shape index (κ3) is 1.85. The van der Waals surface area contributed by atoms with E-state index in [1.54, 1.807) is 4.90 Å². The monoisotopic (exact) mass is 202 g/mol. The molecule has 1 rings (SSSR count). The molecule has 0 aliphatic carbocycles. The molecule has 0 N–H and O–H groups in total. The van der Waals surface area contributed by atoms with Gasteiger partial charge in [-0.2, -0.15) is 0 Å². The molecule has 0 aromatic rings. The standard InChI is InChI=1S/C10H19NO3/c1-6-13-8(12)11-9(2,3)7-14-10(11,4)5/h6-7H2,1-5H3/i6D/t6-/m0/s1. The van der Waals surface area contributed by atoms with E-state index in [4.69, 9.17) is 10.8 Å². The molecular formula is C10H19NO3. The Morgan fingerprint density at radius 1 is 1.57 bits per heavy atom. The molecule has 1 amide bonds. The first-order chi connectivity index (χ1) is 6.67. The van der Waals surface area contributed by atoms with E-state index >= 15 is 0 Å². The number of hydrogen-bond acceptors (Lipinski definition) is 3. The molecule has 0 aromatic heterocycles. The van der Waals surface area contributed by atoms with Crippen molar-refractivity contribution >= 4 is 6.09 Å². The fraction of sp³-hybridized carbons (Fsp3) is 0.900. The lowest BCUT2D eigenvalue weighted by atomic mass is 10.0. The molecule has 1 fully saturated rings. The van der Waals surface area contributed by atoms with Crippen LogP contribution in [0.1, 0.15) is 36.0 Å². The first kappa shape index (κ1) is 9.77. The zero-order chi connectivity index (χ0) is 11.9. The second kappa shape index (κ2) is 3.42. The molecule has 4 nitrogen and oxygen atoms in total. The Hall–Kier alpha value is -0.770. The minimum atomic E-state index is -0.857. The van der Waals surface area contributed by atoms with Crippen LogP contribution in [-0.4, -0.2) is 35.4 Å². The molecule has 0 bridgehead atoms. The molecule has 0 unspecified atom stereocenters. The minimum absolute atomic E-state index is 0.393. The van der Waals surface area contributed by atoms with Crippen molar-refractivity contribution in [3.63, 3.8) is 0 Å². The molecule has 0 spiro atoms. The smallest absolute Gasteiger partial charge is 0.412 e. The number of amides is 1. The molecule has 0 saturated carbocycles. The summed E-state index contributed by atoms with van der Waals surface area (Å²) in [6, 6.07) is 0. The summed E-state index contributed by atoms with van der Waals surface area (Å²) in [7, 11) is 0. The molecule has 0 radical (unpaired) electrons. The highest BCUT2D eigenvalue weighted by Gasteiger charge is 2.49. The van der Waals surface area contributed by atoms with Gasteiger partial charge in [0.25, 0.3) is 0 Å². The average Bonchev–Trinajstić information content (AvgIpc) is 2.18. The predicted octanol–water partition coefficient (Wildman–Crippen LogP) is 1.99. The molecule has 82 valence electrons. The number of ether oxygens (including phenoxy) is 2. The van der Waals surface area contributed by atoms with Crippen molar-refractivity contribution < 1.29 is 15.6 Å². The van der Waals surface area contributed by atoms with Crippen LogP contribution in [0, 0.1) is 0 Å². The molecule has 1 atom stereocenters. The summed E-state index contributed by atoms with van der Waals surface area (Å²) in [5.74, 6) is 0. The number of nitrogens with zero attached hydrogens (tertiary/aromatic N) is 1. The van der Waals surface area contributed by atoms with Crippen LogP contribution in [-0.2, 0) is 9.47 Å². The molecular weight excluding hydrogens is 182 g/mol. The maximum absolute atomic E-state index is 11.8. The SMILES string of the molecule is [2H][C@@H](C)OC(=O)N1C(C)(C)COC1(C)C. The summed E-state index contributed by atoms with van der Waals surface area (Å²) in [5.41, 5.74) is -1.06. The van der Waals surface area contributed by atoms with Crippen molar-refractivity contribution in [3.8, 4) is 0 Å². The minimum Gasteiger partial charge on any atom is -0.450 e. The van der Waals surface area contributed by atoms with E-state index < -0.39 is 23.9 Å². The van der Waals surface area contributed by atoms with Gasteiger partial charge in [-0.3, -0.25) is 4.90 Å². The fourth-order valence-electron chi connectivity index (χ4n) is 1.83. The number of rotatable bonds is 1. The summed E-state index contributed by atoms with van der Waals surface area (Å²) in [4.78, 5) is 13.3. The summed E-state index contributed by atoms with van der Waals surface area (Å²) in [5, 5.41) is 0. The van der Waals surface area contributed by atoms with Crippen LogP contribution >= 0.6 is 0 Å². The second-order valence-electron chi connectivity index (χ2n) is 4.50. The van der Waals surface area contributed by atoms with Gasteiger partial charge in [0.05, 0.1) is 20.1 Å². The van der Waals surface area contributed by atoms with E-state index in [1.165, 1.54) is 6.92 Å². The van der Waals surface area contributed by atoms with Gasteiger partial charge in [-0.25, -0.2) is 4.79 Å². The highest BCUT2D eigenvalue weighted by molar-refractivity contribution is 5.69. The third-order valence-electron chi connectivity index (χ3n) is 2.32. The lowest BCUT2D eigenvalue weighted by Crippen LogP contribution is -2.52. The topological polar surface area (TPSA) is 38.8 Å². The Morgan fingerprint density at radius 2 is 2.14 bits per heavy atom. The molecule has 14 heavy (non-hydrogen) atoms. The number of carbonyl (C=O) groups is 1. The lowest BCUT2D eigenvalue weighted by Gasteiger charge is -2.36. The van der Waals surface area contributed by atoms with Crippen LogP contribution in [0.4, 0.5) is 4.79 Å². The Balaban J connectivity index is 2.85. The zero-order valence-electron chi connectivity index (χ0n) is 10.5. The van der Waals surface area contributed by atoms with Gasteiger partial charge in [0.15, 0.2) is 0 Å². The van der Waals surface area contributed by atoms with E-state index in [9.17, 15) is 4.79 Å². The Labute approximate surface area is 86.6 Å². The highest BCUT2D eigenvalue weighted by Crippen LogP contribution is 2.34. The third-order valence-corrected chi connectivity index (χ3v) is 2.32. The number of carbonyl (C=O) groups excluding carboxylic acids is 1. The largest absolute Gasteiger partial charge is 0.450 e. The van der Waals surface area contributed by atoms with Gasteiger partial charge in [-0.1, -0.05) is 0 Å². The Kier molecular flexibility index (Phi) is 2.39. The average molecular weight is 202 g/mol. The van der Waals surface area contributed by atoms with Crippen LogP contribution < -0.4 is 0 Å². The van der Waals surface area contributed by atoms with Crippen molar-refractivity contribution in [1.29, 1.82) is 0 Å². The molecule has 1 heterocycles. The summed E-state index contributed by atoms with van der Waals surface area (Å²) in [6.07, 6.45) is -0.495. The van der Waals surface area contributed by atoms with Gasteiger partial charge in [0.1, 0.15) is 5.72 Å². The van der Waals surface area contributed by atoms with Crippen LogP contribution in [0.15, 0.2) is 0 Å². The van der Waals surface area contributed by atoms with E-state index in [2.05, 4.69) is 0 Å². The second-order valence-corrected chi connectivity index (χ2v) is 4.50. The van der Waals surface area contributed by atoms with Crippen molar-refractivity contribution in [2.24, 2.45) is 0 Å². The first-order valence-corrected chi connectivity index (χ1v) is 4.74. The van der Waals surface area contributed by atoms with E-state index in [1.807, 2.05) is 27.7 Å². The molecule has 1 aliphatic heterocycles. The highest BCUT2D eigenvalue weighted by atomic mass is 16.6. The van der Waals surface area contributed by atoms with Crippen LogP contribution in [0.5, 0.6) is 0 Å². The van der Waals surface area contributed by atoms with E-state index in [0.717, 1.165) is 0 Å². The van der Waals surface area contributed by atoms with Gasteiger partial charge in [0.2, 0.25) is 0 Å². The van der Waals surface area contributed by atoms with Gasteiger partial charge < -0.3 is 9.47 Å². The first-order valence-electron chi connectivity index (χ1n) is 5.32. The fourth-order valence-corrected chi connectivity index (χ4v) is 1.83.